The number of nitrogens with zero attached hydrogens (tertiary/aromatic N) is 3. The fraction of sp³-hybridized carbons (Fsp3) is 0.231. The van der Waals surface area contributed by atoms with Gasteiger partial charge in [-0.3, -0.25) is 4.79 Å². The Bertz CT molecular complexity index is 632. The van der Waals surface area contributed by atoms with Crippen molar-refractivity contribution in [3.8, 4) is 0 Å². The number of amides is 1. The van der Waals surface area contributed by atoms with Crippen molar-refractivity contribution in [2.45, 2.75) is 13.5 Å². The molecule has 0 unspecified atom stereocenters. The number of hydrogen-bond acceptors (Lipinski definition) is 5. The summed E-state index contributed by atoms with van der Waals surface area (Å²) >= 11 is 0. The first-order valence-corrected chi connectivity index (χ1v) is 6.01. The Labute approximate surface area is 115 Å². The lowest BCUT2D eigenvalue weighted by Gasteiger charge is -2.08. The Morgan fingerprint density at radius 3 is 2.75 bits per heavy atom. The van der Waals surface area contributed by atoms with Crippen molar-refractivity contribution in [3.63, 3.8) is 0 Å². The quantitative estimate of drug-likeness (QED) is 0.879. The van der Waals surface area contributed by atoms with Crippen LogP contribution in [0.4, 0.5) is 10.2 Å². The van der Waals surface area contributed by atoms with Crippen molar-refractivity contribution in [1.82, 2.24) is 20.3 Å². The maximum Gasteiger partial charge on any atom is 0.254 e. The zero-order valence-electron chi connectivity index (χ0n) is 11.1. The average Bonchev–Trinajstić information content (AvgIpc) is 2.45. The van der Waals surface area contributed by atoms with Gasteiger partial charge >= 0.3 is 0 Å². The molecule has 0 spiro atoms. The number of pyridine rings is 1. The second-order valence-electron chi connectivity index (χ2n) is 4.05. The highest BCUT2D eigenvalue weighted by atomic mass is 19.1. The van der Waals surface area contributed by atoms with Crippen LogP contribution in [0.15, 0.2) is 24.5 Å². The Kier molecular flexibility index (Phi) is 4.19. The molecular weight excluding hydrogens is 261 g/mol. The molecule has 1 amide bonds. The molecule has 2 aromatic heterocycles. The largest absolute Gasteiger partial charge is 0.371 e. The molecule has 0 radical (unpaired) electrons. The second kappa shape index (κ2) is 6.05. The number of anilines is 1. The van der Waals surface area contributed by atoms with Gasteiger partial charge in [0.15, 0.2) is 11.6 Å². The summed E-state index contributed by atoms with van der Waals surface area (Å²) in [6.07, 6.45) is 2.98. The summed E-state index contributed by atoms with van der Waals surface area (Å²) in [4.78, 5) is 23.8. The second-order valence-corrected chi connectivity index (χ2v) is 4.05. The van der Waals surface area contributed by atoms with E-state index in [4.69, 9.17) is 0 Å². The summed E-state index contributed by atoms with van der Waals surface area (Å²) in [5, 5.41) is 5.19. The van der Waals surface area contributed by atoms with Crippen molar-refractivity contribution in [3.05, 3.63) is 47.4 Å². The van der Waals surface area contributed by atoms with Gasteiger partial charge < -0.3 is 10.6 Å². The Morgan fingerprint density at radius 2 is 2.05 bits per heavy atom. The van der Waals surface area contributed by atoms with Crippen molar-refractivity contribution < 1.29 is 9.18 Å². The van der Waals surface area contributed by atoms with Crippen LogP contribution in [0.1, 0.15) is 21.9 Å². The first-order valence-electron chi connectivity index (χ1n) is 6.01. The molecule has 2 N–H and O–H groups in total. The molecule has 0 saturated heterocycles. The van der Waals surface area contributed by atoms with Gasteiger partial charge in [-0.2, -0.15) is 0 Å². The van der Waals surface area contributed by atoms with Crippen LogP contribution in [0.25, 0.3) is 0 Å². The van der Waals surface area contributed by atoms with E-state index >= 15 is 0 Å². The third kappa shape index (κ3) is 3.05. The highest BCUT2D eigenvalue weighted by Crippen LogP contribution is 2.14. The van der Waals surface area contributed by atoms with Crippen LogP contribution in [0.2, 0.25) is 0 Å². The van der Waals surface area contributed by atoms with Gasteiger partial charge in [-0.15, -0.1) is 0 Å². The third-order valence-corrected chi connectivity index (χ3v) is 2.63. The smallest absolute Gasteiger partial charge is 0.254 e. The normalized spacial score (nSPS) is 10.2. The van der Waals surface area contributed by atoms with E-state index in [0.717, 1.165) is 0 Å². The molecule has 20 heavy (non-hydrogen) atoms. The van der Waals surface area contributed by atoms with Crippen molar-refractivity contribution in [2.24, 2.45) is 0 Å². The summed E-state index contributed by atoms with van der Waals surface area (Å²) in [7, 11) is 1.54. The first-order chi connectivity index (χ1) is 9.61. The highest BCUT2D eigenvalue weighted by Gasteiger charge is 2.15. The standard InChI is InChI=1S/C13H14FN5O/c1-8-16-5-3-9(19-8)7-18-13(20)10-4-6-17-12(15-2)11(10)14/h3-6H,7H2,1-2H3,(H,15,17)(H,18,20). The lowest BCUT2D eigenvalue weighted by atomic mass is 10.2. The van der Waals surface area contributed by atoms with E-state index in [1.165, 1.54) is 19.3 Å². The van der Waals surface area contributed by atoms with Crippen molar-refractivity contribution >= 4 is 11.7 Å². The molecule has 0 aliphatic heterocycles. The van der Waals surface area contributed by atoms with Gasteiger partial charge in [0.05, 0.1) is 17.8 Å². The molecule has 0 aliphatic carbocycles. The topological polar surface area (TPSA) is 79.8 Å². The summed E-state index contributed by atoms with van der Waals surface area (Å²) < 4.78 is 13.9. The Hall–Kier alpha value is -2.57. The Balaban J connectivity index is 2.09. The number of rotatable bonds is 4. The molecule has 0 atom stereocenters. The maximum atomic E-state index is 13.9. The van der Waals surface area contributed by atoms with Gasteiger partial charge in [-0.25, -0.2) is 19.3 Å². The molecule has 0 aliphatic rings. The maximum absolute atomic E-state index is 13.9. The zero-order valence-corrected chi connectivity index (χ0v) is 11.1. The van der Waals surface area contributed by atoms with Crippen LogP contribution in [0, 0.1) is 12.7 Å². The number of aromatic nitrogens is 3. The predicted octanol–water partition coefficient (Wildman–Crippen LogP) is 1.29. The number of nitrogens with one attached hydrogen (secondary N) is 2. The third-order valence-electron chi connectivity index (χ3n) is 2.63. The minimum absolute atomic E-state index is 0.0375. The molecular formula is C13H14FN5O. The van der Waals surface area contributed by atoms with E-state index in [-0.39, 0.29) is 17.9 Å². The molecule has 104 valence electrons. The minimum Gasteiger partial charge on any atom is -0.371 e. The number of carbonyl (C=O) groups excluding carboxylic acids is 1. The van der Waals surface area contributed by atoms with Crippen LogP contribution in [-0.4, -0.2) is 27.9 Å². The van der Waals surface area contributed by atoms with Crippen LogP contribution in [-0.2, 0) is 6.54 Å². The van der Waals surface area contributed by atoms with Crippen LogP contribution < -0.4 is 10.6 Å². The fourth-order valence-electron chi connectivity index (χ4n) is 1.66. The van der Waals surface area contributed by atoms with Gasteiger partial charge in [0.1, 0.15) is 5.82 Å². The lowest BCUT2D eigenvalue weighted by Crippen LogP contribution is -2.25. The monoisotopic (exact) mass is 275 g/mol. The van der Waals surface area contributed by atoms with Gasteiger partial charge in [0.25, 0.3) is 5.91 Å². The molecule has 0 saturated carbocycles. The molecule has 0 bridgehead atoms. The number of hydrogen-bond donors (Lipinski definition) is 2. The van der Waals surface area contributed by atoms with Crippen molar-refractivity contribution in [2.75, 3.05) is 12.4 Å². The van der Waals surface area contributed by atoms with E-state index in [1.54, 1.807) is 19.2 Å². The van der Waals surface area contributed by atoms with E-state index in [2.05, 4.69) is 25.6 Å². The van der Waals surface area contributed by atoms with Gasteiger partial charge in [-0.05, 0) is 19.1 Å². The van der Waals surface area contributed by atoms with Gasteiger partial charge in [0.2, 0.25) is 0 Å². The van der Waals surface area contributed by atoms with E-state index < -0.39 is 11.7 Å². The predicted molar refractivity (Wildman–Crippen MR) is 71.7 cm³/mol. The van der Waals surface area contributed by atoms with Crippen LogP contribution in [0.3, 0.4) is 0 Å². The fourth-order valence-corrected chi connectivity index (χ4v) is 1.66. The molecule has 7 heteroatoms. The summed E-state index contributed by atoms with van der Waals surface area (Å²) in [6, 6.07) is 3.02. The van der Waals surface area contributed by atoms with Gasteiger partial charge in [-0.1, -0.05) is 0 Å². The number of halogens is 1. The molecule has 2 aromatic rings. The number of carbonyl (C=O) groups is 1. The summed E-state index contributed by atoms with van der Waals surface area (Å²) in [5.74, 6) is -0.538. The zero-order chi connectivity index (χ0) is 14.5. The van der Waals surface area contributed by atoms with Crippen LogP contribution in [0.5, 0.6) is 0 Å². The van der Waals surface area contributed by atoms with E-state index in [9.17, 15) is 9.18 Å². The summed E-state index contributed by atoms with van der Waals surface area (Å²) in [6.45, 7) is 1.96. The minimum atomic E-state index is -0.675. The van der Waals surface area contributed by atoms with E-state index in [0.29, 0.717) is 11.5 Å². The average molecular weight is 275 g/mol. The van der Waals surface area contributed by atoms with Gasteiger partial charge in [0, 0.05) is 19.4 Å². The summed E-state index contributed by atoms with van der Waals surface area (Å²) in [5.41, 5.74) is 0.601. The molecule has 0 aromatic carbocycles. The molecule has 2 rings (SSSR count). The molecule has 6 nitrogen and oxygen atoms in total. The van der Waals surface area contributed by atoms with Crippen LogP contribution >= 0.6 is 0 Å². The van der Waals surface area contributed by atoms with E-state index in [1.807, 2.05) is 0 Å². The van der Waals surface area contributed by atoms with Crippen molar-refractivity contribution in [1.29, 1.82) is 0 Å². The SMILES string of the molecule is CNc1nccc(C(=O)NCc2ccnc(C)n2)c1F. The Morgan fingerprint density at radius 1 is 1.30 bits per heavy atom. The number of aryl methyl sites for hydroxylation is 1. The lowest BCUT2D eigenvalue weighted by molar-refractivity contribution is 0.0946. The highest BCUT2D eigenvalue weighted by molar-refractivity contribution is 5.95. The first kappa shape index (κ1) is 13.9. The molecule has 0 fully saturated rings. The molecule has 2 heterocycles.